The Morgan fingerprint density at radius 3 is 2.37 bits per heavy atom. The van der Waals surface area contributed by atoms with E-state index in [2.05, 4.69) is 33.0 Å². The van der Waals surface area contributed by atoms with Gasteiger partial charge in [0.05, 0.1) is 0 Å². The lowest BCUT2D eigenvalue weighted by Gasteiger charge is -2.26. The molecule has 19 heavy (non-hydrogen) atoms. The van der Waals surface area contributed by atoms with E-state index < -0.39 is 0 Å². The molecule has 1 fully saturated rings. The fraction of sp³-hybridized carbons (Fsp3) is 0.750. The Kier molecular flexibility index (Phi) is 4.78. The Morgan fingerprint density at radius 1 is 1.11 bits per heavy atom. The first-order valence-electron chi connectivity index (χ1n) is 7.76. The van der Waals surface area contributed by atoms with Gasteiger partial charge in [-0.05, 0) is 39.0 Å². The molecule has 0 aliphatic heterocycles. The summed E-state index contributed by atoms with van der Waals surface area (Å²) in [7, 11) is 0. The van der Waals surface area contributed by atoms with Crippen molar-refractivity contribution in [2.24, 2.45) is 5.92 Å². The first-order valence-corrected chi connectivity index (χ1v) is 7.76. The highest BCUT2D eigenvalue weighted by Crippen LogP contribution is 2.34. The minimum atomic E-state index is 0.569. The average molecular weight is 261 g/mol. The summed E-state index contributed by atoms with van der Waals surface area (Å²) in [5.74, 6) is 3.56. The quantitative estimate of drug-likeness (QED) is 0.887. The molecule has 1 aromatic rings. The summed E-state index contributed by atoms with van der Waals surface area (Å²) in [4.78, 5) is 9.63. The lowest BCUT2D eigenvalue weighted by atomic mass is 9.82. The Morgan fingerprint density at radius 2 is 1.79 bits per heavy atom. The molecule has 3 nitrogen and oxygen atoms in total. The van der Waals surface area contributed by atoms with Crippen molar-refractivity contribution in [3.63, 3.8) is 0 Å². The predicted molar refractivity (Wildman–Crippen MR) is 80.7 cm³/mol. The molecule has 0 bridgehead atoms. The Labute approximate surface area is 117 Å². The average Bonchev–Trinajstić information content (AvgIpc) is 2.42. The summed E-state index contributed by atoms with van der Waals surface area (Å²) in [5, 5.41) is 3.39. The second-order valence-electron chi connectivity index (χ2n) is 5.84. The van der Waals surface area contributed by atoms with Gasteiger partial charge in [0.15, 0.2) is 0 Å². The van der Waals surface area contributed by atoms with Crippen molar-refractivity contribution in [3.8, 4) is 0 Å². The molecule has 2 rings (SSSR count). The van der Waals surface area contributed by atoms with E-state index in [-0.39, 0.29) is 0 Å². The zero-order chi connectivity index (χ0) is 13.8. The molecule has 0 atom stereocenters. The highest BCUT2D eigenvalue weighted by molar-refractivity contribution is 5.46. The van der Waals surface area contributed by atoms with E-state index >= 15 is 0 Å². The van der Waals surface area contributed by atoms with Crippen molar-refractivity contribution in [1.29, 1.82) is 0 Å². The van der Waals surface area contributed by atoms with Crippen LogP contribution in [0, 0.1) is 12.8 Å². The van der Waals surface area contributed by atoms with E-state index in [0.29, 0.717) is 5.92 Å². The van der Waals surface area contributed by atoms with Crippen LogP contribution in [-0.2, 0) is 6.42 Å². The summed E-state index contributed by atoms with van der Waals surface area (Å²) >= 11 is 0. The van der Waals surface area contributed by atoms with Crippen molar-refractivity contribution in [2.45, 2.75) is 65.7 Å². The highest BCUT2D eigenvalue weighted by atomic mass is 15.0. The van der Waals surface area contributed by atoms with Gasteiger partial charge in [0.2, 0.25) is 0 Å². The van der Waals surface area contributed by atoms with E-state index in [1.165, 1.54) is 36.9 Å². The van der Waals surface area contributed by atoms with E-state index in [0.717, 1.165) is 30.5 Å². The molecule has 0 spiro atoms. The fourth-order valence-electron chi connectivity index (χ4n) is 2.97. The van der Waals surface area contributed by atoms with Crippen LogP contribution in [-0.4, -0.2) is 16.5 Å². The van der Waals surface area contributed by atoms with E-state index in [1.807, 2.05) is 0 Å². The largest absolute Gasteiger partial charge is 0.370 e. The fourth-order valence-corrected chi connectivity index (χ4v) is 2.97. The third kappa shape index (κ3) is 3.26. The van der Waals surface area contributed by atoms with E-state index in [9.17, 15) is 0 Å². The van der Waals surface area contributed by atoms with Gasteiger partial charge >= 0.3 is 0 Å². The molecule has 1 saturated carbocycles. The van der Waals surface area contributed by atoms with Crippen LogP contribution in [0.4, 0.5) is 5.82 Å². The minimum absolute atomic E-state index is 0.569. The van der Waals surface area contributed by atoms with Crippen LogP contribution in [0.25, 0.3) is 0 Å². The molecule has 0 unspecified atom stereocenters. The zero-order valence-electron chi connectivity index (χ0n) is 12.8. The maximum Gasteiger partial charge on any atom is 0.134 e. The van der Waals surface area contributed by atoms with Crippen LogP contribution < -0.4 is 5.32 Å². The van der Waals surface area contributed by atoms with Crippen LogP contribution in [0.2, 0.25) is 0 Å². The Hall–Kier alpha value is -1.12. The van der Waals surface area contributed by atoms with Crippen LogP contribution in [0.5, 0.6) is 0 Å². The summed E-state index contributed by atoms with van der Waals surface area (Å²) in [6.45, 7) is 9.70. The number of hydrogen-bond donors (Lipinski definition) is 1. The molecule has 3 heteroatoms. The molecule has 1 aromatic heterocycles. The maximum atomic E-state index is 4.83. The van der Waals surface area contributed by atoms with Crippen molar-refractivity contribution in [2.75, 3.05) is 11.9 Å². The lowest BCUT2D eigenvalue weighted by Crippen LogP contribution is -2.16. The molecule has 1 heterocycles. The second kappa shape index (κ2) is 6.36. The van der Waals surface area contributed by atoms with Gasteiger partial charge in [-0.2, -0.15) is 0 Å². The SMILES string of the molecule is CCNc1nc(C2CCC(C)CC2)nc(CC)c1C. The molecule has 0 aromatic carbocycles. The number of hydrogen-bond acceptors (Lipinski definition) is 3. The van der Waals surface area contributed by atoms with Gasteiger partial charge in [0.25, 0.3) is 0 Å². The van der Waals surface area contributed by atoms with Crippen molar-refractivity contribution < 1.29 is 0 Å². The number of rotatable bonds is 4. The molecule has 1 aliphatic rings. The number of anilines is 1. The van der Waals surface area contributed by atoms with Crippen molar-refractivity contribution in [3.05, 3.63) is 17.1 Å². The molecule has 1 aliphatic carbocycles. The first kappa shape index (κ1) is 14.3. The minimum Gasteiger partial charge on any atom is -0.370 e. The number of aryl methyl sites for hydroxylation is 1. The standard InChI is InChI=1S/C16H27N3/c1-5-14-12(4)15(17-6-2)19-16(18-14)13-9-7-11(3)8-10-13/h11,13H,5-10H2,1-4H3,(H,17,18,19). The maximum absolute atomic E-state index is 4.83. The molecule has 106 valence electrons. The monoisotopic (exact) mass is 261 g/mol. The van der Waals surface area contributed by atoms with Gasteiger partial charge < -0.3 is 5.32 Å². The van der Waals surface area contributed by atoms with Gasteiger partial charge in [-0.15, -0.1) is 0 Å². The van der Waals surface area contributed by atoms with E-state index in [4.69, 9.17) is 9.97 Å². The third-order valence-electron chi connectivity index (χ3n) is 4.32. The molecule has 0 amide bonds. The summed E-state index contributed by atoms with van der Waals surface area (Å²) in [6, 6.07) is 0. The predicted octanol–water partition coefficient (Wildman–Crippen LogP) is 4.07. The van der Waals surface area contributed by atoms with Crippen molar-refractivity contribution >= 4 is 5.82 Å². The first-order chi connectivity index (χ1) is 9.15. The molecular formula is C16H27N3. The molecular weight excluding hydrogens is 234 g/mol. The van der Waals surface area contributed by atoms with Gasteiger partial charge in [0, 0.05) is 23.7 Å². The zero-order valence-corrected chi connectivity index (χ0v) is 12.8. The van der Waals surface area contributed by atoms with Gasteiger partial charge in [-0.3, -0.25) is 0 Å². The highest BCUT2D eigenvalue weighted by Gasteiger charge is 2.23. The van der Waals surface area contributed by atoms with Gasteiger partial charge in [-0.25, -0.2) is 9.97 Å². The number of nitrogens with zero attached hydrogens (tertiary/aromatic N) is 2. The van der Waals surface area contributed by atoms with E-state index in [1.54, 1.807) is 0 Å². The lowest BCUT2D eigenvalue weighted by molar-refractivity contribution is 0.339. The van der Waals surface area contributed by atoms with Crippen LogP contribution in [0.1, 0.15) is 69.5 Å². The molecule has 0 radical (unpaired) electrons. The molecule has 1 N–H and O–H groups in total. The summed E-state index contributed by atoms with van der Waals surface area (Å²) < 4.78 is 0. The summed E-state index contributed by atoms with van der Waals surface area (Å²) in [6.07, 6.45) is 6.13. The topological polar surface area (TPSA) is 37.8 Å². The van der Waals surface area contributed by atoms with Gasteiger partial charge in [0.1, 0.15) is 11.6 Å². The van der Waals surface area contributed by atoms with Gasteiger partial charge in [-0.1, -0.05) is 26.7 Å². The molecule has 0 saturated heterocycles. The van der Waals surface area contributed by atoms with Crippen LogP contribution in [0.15, 0.2) is 0 Å². The third-order valence-corrected chi connectivity index (χ3v) is 4.32. The Balaban J connectivity index is 2.27. The van der Waals surface area contributed by atoms with Crippen LogP contribution in [0.3, 0.4) is 0 Å². The van der Waals surface area contributed by atoms with Crippen molar-refractivity contribution in [1.82, 2.24) is 9.97 Å². The van der Waals surface area contributed by atoms with Crippen LogP contribution >= 0.6 is 0 Å². The second-order valence-corrected chi connectivity index (χ2v) is 5.84. The Bertz CT molecular complexity index is 420. The normalized spacial score (nSPS) is 23.4. The number of aromatic nitrogens is 2. The number of nitrogens with one attached hydrogen (secondary N) is 1. The summed E-state index contributed by atoms with van der Waals surface area (Å²) in [5.41, 5.74) is 2.43. The smallest absolute Gasteiger partial charge is 0.134 e.